The van der Waals surface area contributed by atoms with Crippen molar-refractivity contribution >= 4 is 23.7 Å². The minimum absolute atomic E-state index is 0.0761. The minimum Gasteiger partial charge on any atom is -0.404 e. The number of aldehydes is 1. The van der Waals surface area contributed by atoms with Gasteiger partial charge < -0.3 is 20.3 Å². The van der Waals surface area contributed by atoms with Crippen molar-refractivity contribution in [2.45, 2.75) is 18.8 Å². The van der Waals surface area contributed by atoms with Crippen LogP contribution in [-0.2, 0) is 4.79 Å². The highest BCUT2D eigenvalue weighted by Crippen LogP contribution is 2.31. The van der Waals surface area contributed by atoms with E-state index in [1.54, 1.807) is 24.7 Å². The Balaban J connectivity index is 1.42. The third-order valence-electron chi connectivity index (χ3n) is 4.89. The predicted octanol–water partition coefficient (Wildman–Crippen LogP) is 3.77. The number of carbonyl (C=O) groups excluding carboxylic acids is 1. The number of allylic oxidation sites excluding steroid dienone is 1. The number of anilines is 3. The second-order valence-electron chi connectivity index (χ2n) is 7.36. The van der Waals surface area contributed by atoms with E-state index in [-0.39, 0.29) is 23.4 Å². The maximum atomic E-state index is 12.6. The first-order valence-electron chi connectivity index (χ1n) is 10.3. The van der Waals surface area contributed by atoms with Crippen molar-refractivity contribution in [1.82, 2.24) is 24.8 Å². The van der Waals surface area contributed by atoms with Gasteiger partial charge in [-0.05, 0) is 24.6 Å². The third-order valence-corrected chi connectivity index (χ3v) is 4.89. The quantitative estimate of drug-likeness (QED) is 0.375. The van der Waals surface area contributed by atoms with Crippen LogP contribution in [0.25, 0.3) is 11.3 Å². The van der Waals surface area contributed by atoms with E-state index in [9.17, 15) is 18.0 Å². The average molecular weight is 471 g/mol. The van der Waals surface area contributed by atoms with Crippen molar-refractivity contribution < 1.29 is 22.7 Å². The number of carbonyl (C=O) groups is 1. The number of hydrogen-bond acceptors (Lipinski definition) is 9. The molecule has 3 aromatic rings. The Hall–Kier alpha value is -4.22. The number of nitrogens with one attached hydrogen (secondary N) is 2. The molecular weight excluding hydrogens is 451 g/mol. The first kappa shape index (κ1) is 23.0. The number of alkyl halides is 3. The molecule has 0 aliphatic carbocycles. The lowest BCUT2D eigenvalue weighted by Gasteiger charge is -2.15. The minimum atomic E-state index is -4.82. The van der Waals surface area contributed by atoms with Crippen LogP contribution in [0, 0.1) is 0 Å². The van der Waals surface area contributed by atoms with E-state index < -0.39 is 6.36 Å². The molecule has 1 aliphatic rings. The summed E-state index contributed by atoms with van der Waals surface area (Å²) in [5.74, 6) is 0.294. The molecule has 1 atom stereocenters. The molecule has 0 bridgehead atoms. The molecule has 0 radical (unpaired) electrons. The summed E-state index contributed by atoms with van der Waals surface area (Å²) in [5, 5.41) is 6.05. The Labute approximate surface area is 192 Å². The van der Waals surface area contributed by atoms with E-state index >= 15 is 0 Å². The summed E-state index contributed by atoms with van der Waals surface area (Å²) in [5.41, 5.74) is 1.20. The van der Waals surface area contributed by atoms with Crippen molar-refractivity contribution in [3.05, 3.63) is 61.3 Å². The molecule has 12 heteroatoms. The van der Waals surface area contributed by atoms with Crippen LogP contribution in [0.2, 0.25) is 0 Å². The van der Waals surface area contributed by atoms with Gasteiger partial charge in [0, 0.05) is 43.3 Å². The van der Waals surface area contributed by atoms with E-state index in [1.807, 2.05) is 4.90 Å². The van der Waals surface area contributed by atoms with E-state index in [1.165, 1.54) is 36.7 Å². The van der Waals surface area contributed by atoms with Crippen molar-refractivity contribution in [1.29, 1.82) is 0 Å². The zero-order chi connectivity index (χ0) is 24.0. The average Bonchev–Trinajstić information content (AvgIpc) is 3.26. The lowest BCUT2D eigenvalue weighted by Crippen LogP contribution is -2.23. The van der Waals surface area contributed by atoms with Gasteiger partial charge >= 0.3 is 6.36 Å². The number of aromatic nitrogens is 4. The summed E-state index contributed by atoms with van der Waals surface area (Å²) in [6.07, 6.45) is 6.21. The highest BCUT2D eigenvalue weighted by Gasteiger charge is 2.32. The zero-order valence-electron chi connectivity index (χ0n) is 17.7. The molecule has 4 rings (SSSR count). The van der Waals surface area contributed by atoms with Gasteiger partial charge in [-0.3, -0.25) is 9.78 Å². The maximum Gasteiger partial charge on any atom is 0.573 e. The van der Waals surface area contributed by atoms with Crippen LogP contribution in [0.4, 0.5) is 30.6 Å². The molecule has 34 heavy (non-hydrogen) atoms. The monoisotopic (exact) mass is 471 g/mol. The Morgan fingerprint density at radius 1 is 1.12 bits per heavy atom. The third kappa shape index (κ3) is 6.18. The molecule has 2 N–H and O–H groups in total. The highest BCUT2D eigenvalue weighted by atomic mass is 19.4. The van der Waals surface area contributed by atoms with Crippen LogP contribution >= 0.6 is 0 Å². The summed E-state index contributed by atoms with van der Waals surface area (Å²) < 4.78 is 41.9. The number of nitrogens with zero attached hydrogens (tertiary/aromatic N) is 5. The molecule has 1 fully saturated rings. The molecule has 1 saturated heterocycles. The van der Waals surface area contributed by atoms with Crippen LogP contribution in [-0.4, -0.2) is 56.6 Å². The van der Waals surface area contributed by atoms with E-state index in [2.05, 4.69) is 35.3 Å². The lowest BCUT2D eigenvalue weighted by molar-refractivity contribution is -0.274. The Bertz CT molecular complexity index is 1160. The van der Waals surface area contributed by atoms with Gasteiger partial charge in [0.15, 0.2) is 5.75 Å². The lowest BCUT2D eigenvalue weighted by atomic mass is 10.2. The summed E-state index contributed by atoms with van der Waals surface area (Å²) in [6, 6.07) is 5.78. The maximum absolute atomic E-state index is 12.6. The van der Waals surface area contributed by atoms with Crippen LogP contribution in [0.15, 0.2) is 61.3 Å². The molecule has 0 spiro atoms. The molecular formula is C22H20F3N7O2. The van der Waals surface area contributed by atoms with Crippen molar-refractivity contribution in [2.75, 3.05) is 23.7 Å². The van der Waals surface area contributed by atoms with Gasteiger partial charge in [0.2, 0.25) is 5.95 Å². The molecule has 0 unspecified atom stereocenters. The Kier molecular flexibility index (Phi) is 6.85. The largest absolute Gasteiger partial charge is 0.573 e. The fraction of sp³-hybridized carbons (Fsp3) is 0.227. The van der Waals surface area contributed by atoms with Gasteiger partial charge in [-0.15, -0.1) is 13.2 Å². The summed E-state index contributed by atoms with van der Waals surface area (Å²) in [4.78, 5) is 29.6. The van der Waals surface area contributed by atoms with Gasteiger partial charge in [-0.2, -0.15) is 0 Å². The molecule has 1 aromatic carbocycles. The Morgan fingerprint density at radius 3 is 2.68 bits per heavy atom. The standard InChI is InChI=1S/C22H20F3N7O2/c23-22(24,25)34-19-5-2-1-4-17(19)31-21-27-10-15(11-28-21)18-12-26-13-20(30-18)29-16-6-8-32(14-16)7-3-9-33/h1-5,7,9-13,16H,6,8,14H2,(H,29,30)(H,27,28,31)/t16-/m0/s1. The summed E-state index contributed by atoms with van der Waals surface area (Å²) in [6.45, 7) is 1.56. The summed E-state index contributed by atoms with van der Waals surface area (Å²) >= 11 is 0. The van der Waals surface area contributed by atoms with Gasteiger partial charge in [0.25, 0.3) is 0 Å². The fourth-order valence-electron chi connectivity index (χ4n) is 3.41. The topological polar surface area (TPSA) is 105 Å². The first-order valence-corrected chi connectivity index (χ1v) is 10.3. The number of para-hydroxylation sites is 2. The van der Waals surface area contributed by atoms with Crippen LogP contribution in [0.3, 0.4) is 0 Å². The van der Waals surface area contributed by atoms with Crippen molar-refractivity contribution in [2.24, 2.45) is 0 Å². The van der Waals surface area contributed by atoms with E-state index in [0.717, 1.165) is 25.8 Å². The SMILES string of the molecule is O=CC=CN1CC[C@H](Nc2cncc(-c3cnc(Nc4ccccc4OC(F)(F)F)nc3)n2)C1. The van der Waals surface area contributed by atoms with Crippen molar-refractivity contribution in [3.63, 3.8) is 0 Å². The second-order valence-corrected chi connectivity index (χ2v) is 7.36. The number of halogens is 3. The first-order chi connectivity index (χ1) is 16.4. The smallest absolute Gasteiger partial charge is 0.404 e. The molecule has 1 aliphatic heterocycles. The number of ether oxygens (including phenoxy) is 1. The van der Waals surface area contributed by atoms with Crippen LogP contribution in [0.5, 0.6) is 5.75 Å². The van der Waals surface area contributed by atoms with Gasteiger partial charge in [-0.1, -0.05) is 12.1 Å². The predicted molar refractivity (Wildman–Crippen MR) is 118 cm³/mol. The summed E-state index contributed by atoms with van der Waals surface area (Å²) in [7, 11) is 0. The van der Waals surface area contributed by atoms with Crippen molar-refractivity contribution in [3.8, 4) is 17.0 Å². The van der Waals surface area contributed by atoms with Gasteiger partial charge in [0.05, 0.1) is 23.8 Å². The number of hydrogen-bond donors (Lipinski definition) is 2. The molecule has 0 amide bonds. The molecule has 3 heterocycles. The molecule has 176 valence electrons. The second kappa shape index (κ2) is 10.1. The Morgan fingerprint density at radius 2 is 1.91 bits per heavy atom. The van der Waals surface area contributed by atoms with Crippen LogP contribution in [0.1, 0.15) is 6.42 Å². The molecule has 2 aromatic heterocycles. The van der Waals surface area contributed by atoms with Gasteiger partial charge in [-0.25, -0.2) is 15.0 Å². The molecule has 0 saturated carbocycles. The van der Waals surface area contributed by atoms with E-state index in [0.29, 0.717) is 17.1 Å². The normalized spacial score (nSPS) is 16.0. The highest BCUT2D eigenvalue weighted by molar-refractivity contribution is 5.65. The van der Waals surface area contributed by atoms with Crippen LogP contribution < -0.4 is 15.4 Å². The number of likely N-dealkylation sites (tertiary alicyclic amines) is 1. The number of rotatable bonds is 8. The molecule has 9 nitrogen and oxygen atoms in total. The van der Waals surface area contributed by atoms with Gasteiger partial charge in [0.1, 0.15) is 12.1 Å². The fourth-order valence-corrected chi connectivity index (χ4v) is 3.41. The number of benzene rings is 1. The van der Waals surface area contributed by atoms with E-state index in [4.69, 9.17) is 0 Å². The zero-order valence-corrected chi connectivity index (χ0v) is 17.7.